The van der Waals surface area contributed by atoms with E-state index < -0.39 is 12.1 Å². The Labute approximate surface area is 187 Å². The number of alkyl halides is 3. The van der Waals surface area contributed by atoms with Crippen molar-refractivity contribution in [1.29, 1.82) is 0 Å². The summed E-state index contributed by atoms with van der Waals surface area (Å²) in [5, 5.41) is 3.28. The molecule has 0 bridgehead atoms. The van der Waals surface area contributed by atoms with Crippen molar-refractivity contribution in [3.8, 4) is 5.75 Å². The molecule has 0 unspecified atom stereocenters. The number of nitrogens with one attached hydrogen (secondary N) is 2. The Bertz CT molecular complexity index is 1010. The zero-order valence-electron chi connectivity index (χ0n) is 16.8. The number of hydrogen-bond donors (Lipinski definition) is 2. The van der Waals surface area contributed by atoms with Crippen molar-refractivity contribution < 1.29 is 27.5 Å². The molecule has 2 N–H and O–H groups in total. The number of hydrogen-bond acceptors (Lipinski definition) is 6. The summed E-state index contributed by atoms with van der Waals surface area (Å²) in [5.74, 6) is -0.0304. The first-order chi connectivity index (χ1) is 15.2. The van der Waals surface area contributed by atoms with Crippen LogP contribution in [0.3, 0.4) is 0 Å². The summed E-state index contributed by atoms with van der Waals surface area (Å²) < 4.78 is 40.8. The van der Waals surface area contributed by atoms with Gasteiger partial charge >= 0.3 is 6.36 Å². The topological polar surface area (TPSA) is 75.2 Å². The van der Waals surface area contributed by atoms with Crippen LogP contribution < -0.4 is 15.5 Å². The van der Waals surface area contributed by atoms with Crippen LogP contribution in [0.2, 0.25) is 5.02 Å². The molecule has 0 radical (unpaired) electrons. The lowest BCUT2D eigenvalue weighted by molar-refractivity contribution is -0.274. The van der Waals surface area contributed by atoms with Gasteiger partial charge in [0.25, 0.3) is 0 Å². The molecule has 4 rings (SSSR count). The molecule has 2 aromatic carbocycles. The van der Waals surface area contributed by atoms with Gasteiger partial charge in [0, 0.05) is 31.5 Å². The number of aliphatic imine (C=N–C) groups is 1. The first-order valence-corrected chi connectivity index (χ1v) is 10.3. The van der Waals surface area contributed by atoms with E-state index in [0.717, 1.165) is 0 Å². The zero-order valence-corrected chi connectivity index (χ0v) is 17.5. The van der Waals surface area contributed by atoms with Crippen molar-refractivity contribution in [2.75, 3.05) is 25.0 Å². The van der Waals surface area contributed by atoms with Gasteiger partial charge in [0.05, 0.1) is 17.3 Å². The molecule has 170 valence electrons. The van der Waals surface area contributed by atoms with E-state index in [1.54, 1.807) is 24.3 Å². The number of hydroxylamine groups is 1. The predicted molar refractivity (Wildman–Crippen MR) is 112 cm³/mol. The molecule has 2 heterocycles. The molecule has 1 saturated heterocycles. The summed E-state index contributed by atoms with van der Waals surface area (Å²) in [5.41, 5.74) is 3.15. The second-order valence-electron chi connectivity index (χ2n) is 7.49. The summed E-state index contributed by atoms with van der Waals surface area (Å²) in [7, 11) is 0. The highest BCUT2D eigenvalue weighted by molar-refractivity contribution is 6.33. The highest BCUT2D eigenvalue weighted by Crippen LogP contribution is 2.31. The quantitative estimate of drug-likeness (QED) is 0.695. The van der Waals surface area contributed by atoms with E-state index in [1.165, 1.54) is 24.3 Å². The van der Waals surface area contributed by atoms with Crippen molar-refractivity contribution in [2.45, 2.75) is 24.9 Å². The summed E-state index contributed by atoms with van der Waals surface area (Å²) in [6, 6.07) is 12.4. The van der Waals surface area contributed by atoms with Gasteiger partial charge in [0.15, 0.2) is 11.6 Å². The minimum atomic E-state index is -4.74. The van der Waals surface area contributed by atoms with Crippen molar-refractivity contribution in [1.82, 2.24) is 10.4 Å². The van der Waals surface area contributed by atoms with Crippen molar-refractivity contribution in [3.63, 3.8) is 0 Å². The average molecular weight is 469 g/mol. The third-order valence-corrected chi connectivity index (χ3v) is 5.50. The number of benzene rings is 2. The van der Waals surface area contributed by atoms with Crippen LogP contribution in [0.1, 0.15) is 18.4 Å². The monoisotopic (exact) mass is 468 g/mol. The number of piperidine rings is 1. The van der Waals surface area contributed by atoms with E-state index in [4.69, 9.17) is 16.4 Å². The molecule has 0 aliphatic carbocycles. The minimum Gasteiger partial charge on any atom is -0.406 e. The molecule has 0 saturated carbocycles. The third-order valence-electron chi connectivity index (χ3n) is 5.17. The number of likely N-dealkylation sites (tertiary alicyclic amines) is 1. The van der Waals surface area contributed by atoms with Gasteiger partial charge in [-0.3, -0.25) is 9.69 Å². The molecule has 0 atom stereocenters. The van der Waals surface area contributed by atoms with Gasteiger partial charge in [-0.2, -0.15) is 0 Å². The summed E-state index contributed by atoms with van der Waals surface area (Å²) in [4.78, 5) is 24.7. The molecule has 2 aromatic rings. The number of amidine groups is 1. The molecule has 7 nitrogen and oxygen atoms in total. The fourth-order valence-electron chi connectivity index (χ4n) is 3.56. The van der Waals surface area contributed by atoms with Crippen LogP contribution in [0.15, 0.2) is 53.5 Å². The normalized spacial score (nSPS) is 18.2. The van der Waals surface area contributed by atoms with Gasteiger partial charge in [-0.15, -0.1) is 13.2 Å². The van der Waals surface area contributed by atoms with Gasteiger partial charge in [-0.25, -0.2) is 15.3 Å². The molecule has 0 aromatic heterocycles. The van der Waals surface area contributed by atoms with Gasteiger partial charge < -0.3 is 10.1 Å². The lowest BCUT2D eigenvalue weighted by atomic mass is 10.0. The molecule has 11 heteroatoms. The Balaban J connectivity index is 1.31. The number of rotatable bonds is 5. The van der Waals surface area contributed by atoms with Crippen LogP contribution in [0.25, 0.3) is 0 Å². The van der Waals surface area contributed by atoms with E-state index in [9.17, 15) is 18.0 Å². The molecule has 2 aliphatic rings. The maximum absolute atomic E-state index is 12.3. The molecule has 32 heavy (non-hydrogen) atoms. The Morgan fingerprint density at radius 2 is 1.88 bits per heavy atom. The number of carbonyl (C=O) groups is 1. The highest BCUT2D eigenvalue weighted by Gasteiger charge is 2.40. The lowest BCUT2D eigenvalue weighted by Crippen LogP contribution is -2.46. The predicted octanol–water partition coefficient (Wildman–Crippen LogP) is 3.95. The first-order valence-electron chi connectivity index (χ1n) is 9.88. The van der Waals surface area contributed by atoms with Crippen molar-refractivity contribution in [3.05, 3.63) is 59.1 Å². The smallest absolute Gasteiger partial charge is 0.406 e. The van der Waals surface area contributed by atoms with Gasteiger partial charge in [0.1, 0.15) is 5.75 Å². The van der Waals surface area contributed by atoms with Gasteiger partial charge in [-0.1, -0.05) is 23.7 Å². The standard InChI is InChI=1S/C21H20ClF3N4O3/c22-16-3-1-2-4-17(16)26-18(30)13-29-11-9-20(10-12-29)27-19(28-32-20)14-5-7-15(8-6-14)31-21(23,24)25/h1-8H,9-13H2,(H,26,30)(H,27,28). The van der Waals surface area contributed by atoms with E-state index in [-0.39, 0.29) is 18.2 Å². The van der Waals surface area contributed by atoms with E-state index >= 15 is 0 Å². The first kappa shape index (κ1) is 22.4. The largest absolute Gasteiger partial charge is 0.573 e. The second-order valence-corrected chi connectivity index (χ2v) is 7.89. The van der Waals surface area contributed by atoms with E-state index in [2.05, 4.69) is 20.5 Å². The fraction of sp³-hybridized carbons (Fsp3) is 0.333. The average Bonchev–Trinajstić information content (AvgIpc) is 3.15. The van der Waals surface area contributed by atoms with Crippen molar-refractivity contribution >= 4 is 29.0 Å². The Morgan fingerprint density at radius 3 is 2.53 bits per heavy atom. The lowest BCUT2D eigenvalue weighted by Gasteiger charge is -2.35. The number of ether oxygens (including phenoxy) is 1. The number of amides is 1. The Hall–Kier alpha value is -2.82. The van der Waals surface area contributed by atoms with Crippen LogP contribution in [0.4, 0.5) is 18.9 Å². The van der Waals surface area contributed by atoms with Crippen LogP contribution in [-0.2, 0) is 9.63 Å². The molecular formula is C21H20ClF3N4O3. The minimum absolute atomic E-state index is 0.162. The Morgan fingerprint density at radius 1 is 1.19 bits per heavy atom. The number of nitrogens with zero attached hydrogens (tertiary/aromatic N) is 2. The number of halogens is 4. The maximum atomic E-state index is 12.3. The van der Waals surface area contributed by atoms with Crippen molar-refractivity contribution in [2.24, 2.45) is 4.99 Å². The molecule has 2 aliphatic heterocycles. The van der Waals surface area contributed by atoms with Crippen LogP contribution in [0.5, 0.6) is 5.75 Å². The summed E-state index contributed by atoms with van der Waals surface area (Å²) in [6.45, 7) is 1.39. The van der Waals surface area contributed by atoms with Gasteiger partial charge in [0.2, 0.25) is 5.91 Å². The third kappa shape index (κ3) is 5.50. The second kappa shape index (κ2) is 8.97. The SMILES string of the molecule is O=C(CN1CCC2(CC1)N=C(c1ccc(OC(F)(F)F)cc1)NO2)Nc1ccccc1Cl. The zero-order chi connectivity index (χ0) is 22.8. The van der Waals surface area contributed by atoms with Gasteiger partial charge in [-0.05, 0) is 36.4 Å². The molecule has 1 fully saturated rings. The number of carbonyl (C=O) groups excluding carboxylic acids is 1. The molecule has 1 spiro atoms. The Kier molecular flexibility index (Phi) is 6.27. The molecular weight excluding hydrogens is 449 g/mol. The van der Waals surface area contributed by atoms with Crippen LogP contribution in [-0.4, -0.2) is 48.4 Å². The highest BCUT2D eigenvalue weighted by atomic mass is 35.5. The number of para-hydroxylation sites is 1. The van der Waals surface area contributed by atoms with E-state index in [0.29, 0.717) is 48.0 Å². The summed E-state index contributed by atoms with van der Waals surface area (Å²) >= 11 is 6.07. The summed E-state index contributed by atoms with van der Waals surface area (Å²) in [6.07, 6.45) is -3.63. The fourth-order valence-corrected chi connectivity index (χ4v) is 3.74. The van der Waals surface area contributed by atoms with E-state index in [1.807, 2.05) is 4.90 Å². The maximum Gasteiger partial charge on any atom is 0.573 e. The number of anilines is 1. The van der Waals surface area contributed by atoms with Crippen LogP contribution in [0, 0.1) is 0 Å². The van der Waals surface area contributed by atoms with Crippen LogP contribution >= 0.6 is 11.6 Å². The molecule has 1 amide bonds.